The fourth-order valence-electron chi connectivity index (χ4n) is 2.44. The van der Waals surface area contributed by atoms with E-state index in [1.54, 1.807) is 24.0 Å². The highest BCUT2D eigenvalue weighted by Crippen LogP contribution is 2.33. The minimum Gasteiger partial charge on any atom is -0.302 e. The van der Waals surface area contributed by atoms with Gasteiger partial charge in [-0.3, -0.25) is 14.3 Å². The van der Waals surface area contributed by atoms with E-state index in [2.05, 4.69) is 5.10 Å². The smallest absolute Gasteiger partial charge is 0.299 e. The normalized spacial score (nSPS) is 14.0. The topological polar surface area (TPSA) is 55.2 Å². The number of ketones is 1. The predicted molar refractivity (Wildman–Crippen MR) is 70.0 cm³/mol. The molecule has 0 saturated carbocycles. The molecule has 0 fully saturated rings. The number of nitrogens with zero attached hydrogens (tertiary/aromatic N) is 3. The summed E-state index contributed by atoms with van der Waals surface area (Å²) < 4.78 is 29.2. The molecule has 1 aromatic carbocycles. The number of carbonyl (C=O) groups is 2. The summed E-state index contributed by atoms with van der Waals surface area (Å²) in [5.74, 6) is -3.58. The van der Waals surface area contributed by atoms with Crippen LogP contribution in [-0.4, -0.2) is 28.0 Å². The minimum absolute atomic E-state index is 0.0808. The zero-order valence-electron chi connectivity index (χ0n) is 11.1. The SMILES string of the molecule is Cn1nccc1CCN1C(=O)C(=O)c2c(F)ccc(F)c21. The first kappa shape index (κ1) is 13.4. The van der Waals surface area contributed by atoms with Crippen LogP contribution in [0.5, 0.6) is 0 Å². The molecule has 0 aliphatic carbocycles. The van der Waals surface area contributed by atoms with Crippen LogP contribution in [0.25, 0.3) is 0 Å². The third kappa shape index (κ3) is 2.01. The molecule has 2 aromatic rings. The lowest BCUT2D eigenvalue weighted by Gasteiger charge is -2.17. The van der Waals surface area contributed by atoms with Gasteiger partial charge >= 0.3 is 0 Å². The fraction of sp³-hybridized carbons (Fsp3) is 0.214. The summed E-state index contributed by atoms with van der Waals surface area (Å²) in [6.07, 6.45) is 1.98. The Labute approximate surface area is 118 Å². The van der Waals surface area contributed by atoms with Gasteiger partial charge in [0.2, 0.25) is 0 Å². The lowest BCUT2D eigenvalue weighted by molar-refractivity contribution is -0.114. The summed E-state index contributed by atoms with van der Waals surface area (Å²) in [4.78, 5) is 24.7. The van der Waals surface area contributed by atoms with E-state index >= 15 is 0 Å². The molecule has 0 bridgehead atoms. The van der Waals surface area contributed by atoms with Crippen LogP contribution in [0.2, 0.25) is 0 Å². The highest BCUT2D eigenvalue weighted by atomic mass is 19.1. The van der Waals surface area contributed by atoms with Crippen molar-refractivity contribution in [2.45, 2.75) is 6.42 Å². The van der Waals surface area contributed by atoms with Crippen LogP contribution >= 0.6 is 0 Å². The number of carbonyl (C=O) groups excluding carboxylic acids is 2. The number of benzene rings is 1. The van der Waals surface area contributed by atoms with Crippen LogP contribution in [0, 0.1) is 11.6 Å². The van der Waals surface area contributed by atoms with Gasteiger partial charge in [-0.05, 0) is 18.2 Å². The second-order valence-electron chi connectivity index (χ2n) is 4.73. The molecule has 7 heteroatoms. The van der Waals surface area contributed by atoms with Gasteiger partial charge < -0.3 is 4.90 Å². The van der Waals surface area contributed by atoms with Crippen molar-refractivity contribution in [1.29, 1.82) is 0 Å². The molecule has 2 heterocycles. The van der Waals surface area contributed by atoms with E-state index in [1.807, 2.05) is 0 Å². The Bertz CT molecular complexity index is 755. The van der Waals surface area contributed by atoms with E-state index in [1.165, 1.54) is 0 Å². The second-order valence-corrected chi connectivity index (χ2v) is 4.73. The van der Waals surface area contributed by atoms with Gasteiger partial charge in [-0.2, -0.15) is 5.10 Å². The number of rotatable bonds is 3. The molecule has 1 aromatic heterocycles. The predicted octanol–water partition coefficient (Wildman–Crippen LogP) is 1.47. The number of amides is 1. The van der Waals surface area contributed by atoms with Crippen LogP contribution in [-0.2, 0) is 18.3 Å². The molecule has 21 heavy (non-hydrogen) atoms. The van der Waals surface area contributed by atoms with Crippen molar-refractivity contribution in [2.24, 2.45) is 7.05 Å². The Morgan fingerprint density at radius 1 is 1.14 bits per heavy atom. The van der Waals surface area contributed by atoms with Crippen molar-refractivity contribution in [3.05, 3.63) is 47.3 Å². The van der Waals surface area contributed by atoms with Crippen molar-refractivity contribution in [3.8, 4) is 0 Å². The summed E-state index contributed by atoms with van der Waals surface area (Å²) in [6, 6.07) is 3.52. The average Bonchev–Trinajstić information content (AvgIpc) is 2.97. The molecule has 0 N–H and O–H groups in total. The minimum atomic E-state index is -1.01. The number of hydrogen-bond donors (Lipinski definition) is 0. The molecule has 1 aliphatic rings. The Morgan fingerprint density at radius 3 is 2.52 bits per heavy atom. The monoisotopic (exact) mass is 291 g/mol. The van der Waals surface area contributed by atoms with Gasteiger partial charge in [0.1, 0.15) is 11.6 Å². The summed E-state index contributed by atoms with van der Waals surface area (Å²) in [7, 11) is 1.74. The summed E-state index contributed by atoms with van der Waals surface area (Å²) in [6.45, 7) is 0.0808. The Hall–Kier alpha value is -2.57. The number of aryl methyl sites for hydroxylation is 1. The van der Waals surface area contributed by atoms with Crippen LogP contribution in [0.1, 0.15) is 16.1 Å². The highest BCUT2D eigenvalue weighted by molar-refractivity contribution is 6.52. The average molecular weight is 291 g/mol. The third-order valence-corrected chi connectivity index (χ3v) is 3.53. The highest BCUT2D eigenvalue weighted by Gasteiger charge is 2.40. The van der Waals surface area contributed by atoms with E-state index in [0.29, 0.717) is 6.42 Å². The van der Waals surface area contributed by atoms with Crippen LogP contribution < -0.4 is 4.90 Å². The first-order valence-corrected chi connectivity index (χ1v) is 6.31. The molecule has 3 rings (SSSR count). The first-order chi connectivity index (χ1) is 10.0. The van der Waals surface area contributed by atoms with E-state index < -0.39 is 28.9 Å². The van der Waals surface area contributed by atoms with Crippen molar-refractivity contribution < 1.29 is 18.4 Å². The maximum Gasteiger partial charge on any atom is 0.299 e. The maximum atomic E-state index is 13.9. The quantitative estimate of drug-likeness (QED) is 0.805. The van der Waals surface area contributed by atoms with Gasteiger partial charge in [0.05, 0.1) is 11.3 Å². The molecule has 1 amide bonds. The van der Waals surface area contributed by atoms with E-state index in [4.69, 9.17) is 0 Å². The summed E-state index contributed by atoms with van der Waals surface area (Å²) in [5.41, 5.74) is 0.0673. The van der Waals surface area contributed by atoms with Crippen LogP contribution in [0.4, 0.5) is 14.5 Å². The van der Waals surface area contributed by atoms with Gasteiger partial charge in [0.25, 0.3) is 11.7 Å². The Morgan fingerprint density at radius 2 is 1.86 bits per heavy atom. The Kier molecular flexibility index (Phi) is 3.04. The number of hydrogen-bond acceptors (Lipinski definition) is 3. The van der Waals surface area contributed by atoms with Crippen molar-refractivity contribution in [1.82, 2.24) is 9.78 Å². The van der Waals surface area contributed by atoms with Crippen molar-refractivity contribution in [2.75, 3.05) is 11.4 Å². The molecule has 0 unspecified atom stereocenters. The van der Waals surface area contributed by atoms with Crippen LogP contribution in [0.15, 0.2) is 24.4 Å². The maximum absolute atomic E-state index is 13.9. The van der Waals surface area contributed by atoms with Gasteiger partial charge in [-0.15, -0.1) is 0 Å². The lowest BCUT2D eigenvalue weighted by Crippen LogP contribution is -2.32. The number of fused-ring (bicyclic) bond motifs is 1. The standard InChI is InChI=1S/C14H11F2N3O2/c1-18-8(4-6-17-18)5-7-19-12-10(16)3-2-9(15)11(12)13(20)14(19)21/h2-4,6H,5,7H2,1H3. The van der Waals surface area contributed by atoms with Gasteiger partial charge in [-0.1, -0.05) is 0 Å². The molecule has 0 saturated heterocycles. The van der Waals surface area contributed by atoms with E-state index in [0.717, 1.165) is 22.7 Å². The Balaban J connectivity index is 1.95. The molecule has 5 nitrogen and oxygen atoms in total. The van der Waals surface area contributed by atoms with E-state index in [9.17, 15) is 18.4 Å². The van der Waals surface area contributed by atoms with Gasteiger partial charge in [-0.25, -0.2) is 8.78 Å². The second kappa shape index (κ2) is 4.76. The van der Waals surface area contributed by atoms with Gasteiger partial charge in [0.15, 0.2) is 0 Å². The zero-order chi connectivity index (χ0) is 15.1. The molecule has 0 spiro atoms. The molecule has 1 aliphatic heterocycles. The largest absolute Gasteiger partial charge is 0.302 e. The molecular weight excluding hydrogens is 280 g/mol. The van der Waals surface area contributed by atoms with Crippen molar-refractivity contribution >= 4 is 17.4 Å². The first-order valence-electron chi connectivity index (χ1n) is 6.31. The number of aromatic nitrogens is 2. The van der Waals surface area contributed by atoms with Crippen LogP contribution in [0.3, 0.4) is 0 Å². The van der Waals surface area contributed by atoms with E-state index in [-0.39, 0.29) is 12.2 Å². The number of halogens is 2. The fourth-order valence-corrected chi connectivity index (χ4v) is 2.44. The molecular formula is C14H11F2N3O2. The third-order valence-electron chi connectivity index (χ3n) is 3.53. The van der Waals surface area contributed by atoms with Crippen molar-refractivity contribution in [3.63, 3.8) is 0 Å². The summed E-state index contributed by atoms with van der Waals surface area (Å²) >= 11 is 0. The van der Waals surface area contributed by atoms with Gasteiger partial charge in [0, 0.05) is 31.9 Å². The zero-order valence-corrected chi connectivity index (χ0v) is 11.1. The molecule has 0 atom stereocenters. The molecule has 0 radical (unpaired) electrons. The summed E-state index contributed by atoms with van der Waals surface area (Å²) in [5, 5.41) is 3.98. The lowest BCUT2D eigenvalue weighted by atomic mass is 10.1. The number of Topliss-reactive ketones (excluding diaryl/α,β-unsaturated/α-hetero) is 1. The number of anilines is 1. The molecule has 108 valence electrons.